The van der Waals surface area contributed by atoms with E-state index in [9.17, 15) is 8.42 Å². The number of nitrogens with zero attached hydrogens (tertiary/aromatic N) is 1. The molecule has 1 aliphatic heterocycles. The second-order valence-corrected chi connectivity index (χ2v) is 9.01. The van der Waals surface area contributed by atoms with Gasteiger partial charge in [-0.15, -0.1) is 0 Å². The first-order chi connectivity index (χ1) is 10.6. The summed E-state index contributed by atoms with van der Waals surface area (Å²) >= 11 is 0. The summed E-state index contributed by atoms with van der Waals surface area (Å²) in [5.41, 5.74) is -0.340. The van der Waals surface area contributed by atoms with E-state index in [1.165, 1.54) is 6.20 Å². The summed E-state index contributed by atoms with van der Waals surface area (Å²) < 4.78 is 39.5. The normalized spacial score (nSPS) is 23.7. The molecule has 3 rings (SSSR count). The molecule has 0 radical (unpaired) electrons. The van der Waals surface area contributed by atoms with Crippen molar-refractivity contribution >= 4 is 22.6 Å². The topological polar surface area (TPSA) is 77.5 Å². The van der Waals surface area contributed by atoms with Gasteiger partial charge in [0.2, 0.25) is 10.0 Å². The molecule has 1 saturated heterocycles. The van der Waals surface area contributed by atoms with Gasteiger partial charge in [0, 0.05) is 23.9 Å². The maximum atomic E-state index is 12.4. The van der Waals surface area contributed by atoms with Gasteiger partial charge >= 0.3 is 7.12 Å². The minimum Gasteiger partial charge on any atom is -0.399 e. The Morgan fingerprint density at radius 3 is 2.30 bits per heavy atom. The summed E-state index contributed by atoms with van der Waals surface area (Å²) in [6.07, 6.45) is 5.80. The Morgan fingerprint density at radius 2 is 1.78 bits per heavy atom. The van der Waals surface area contributed by atoms with Crippen molar-refractivity contribution in [2.24, 2.45) is 0 Å². The third-order valence-corrected chi connectivity index (χ3v) is 6.48. The van der Waals surface area contributed by atoms with Crippen LogP contribution in [0.25, 0.3) is 0 Å². The summed E-state index contributed by atoms with van der Waals surface area (Å²) in [5, 5.41) is 0. The zero-order chi connectivity index (χ0) is 16.9. The van der Waals surface area contributed by atoms with Crippen LogP contribution in [0.3, 0.4) is 0 Å². The zero-order valence-corrected chi connectivity index (χ0v) is 14.8. The molecule has 1 aliphatic carbocycles. The van der Waals surface area contributed by atoms with Crippen molar-refractivity contribution in [3.05, 3.63) is 18.5 Å². The Kier molecular flexibility index (Phi) is 4.07. The summed E-state index contributed by atoms with van der Waals surface area (Å²) in [7, 11) is -4.17. The molecular formula is C15H23BN2O4S. The smallest absolute Gasteiger partial charge is 0.399 e. The van der Waals surface area contributed by atoms with E-state index in [2.05, 4.69) is 9.71 Å². The van der Waals surface area contributed by atoms with Gasteiger partial charge in [0.15, 0.2) is 0 Å². The Hall–Kier alpha value is -0.955. The highest BCUT2D eigenvalue weighted by Crippen LogP contribution is 2.36. The molecule has 0 bridgehead atoms. The SMILES string of the molecule is CC1(C)OB(c2cncc(S(=O)(=O)NC3CCC3)c2)OC1(C)C. The molecule has 1 N–H and O–H groups in total. The predicted molar refractivity (Wildman–Crippen MR) is 87.9 cm³/mol. The van der Waals surface area contributed by atoms with Gasteiger partial charge in [-0.3, -0.25) is 4.98 Å². The first-order valence-electron chi connectivity index (χ1n) is 7.94. The minimum absolute atomic E-state index is 0.0421. The van der Waals surface area contributed by atoms with Gasteiger partial charge in [0.25, 0.3) is 0 Å². The van der Waals surface area contributed by atoms with Crippen LogP contribution in [-0.4, -0.2) is 37.8 Å². The van der Waals surface area contributed by atoms with Gasteiger partial charge in [0.1, 0.15) is 0 Å². The van der Waals surface area contributed by atoms with Crippen molar-refractivity contribution in [3.63, 3.8) is 0 Å². The van der Waals surface area contributed by atoms with Crippen LogP contribution in [0.2, 0.25) is 0 Å². The largest absolute Gasteiger partial charge is 0.496 e. The highest BCUT2D eigenvalue weighted by atomic mass is 32.2. The molecule has 0 atom stereocenters. The average Bonchev–Trinajstić information content (AvgIpc) is 2.63. The van der Waals surface area contributed by atoms with Gasteiger partial charge in [0.05, 0.1) is 16.1 Å². The Balaban J connectivity index is 1.83. The highest BCUT2D eigenvalue weighted by Gasteiger charge is 2.52. The molecule has 0 spiro atoms. The molecule has 0 aromatic carbocycles. The molecule has 1 aromatic rings. The third-order valence-electron chi connectivity index (χ3n) is 5.00. The van der Waals surface area contributed by atoms with Crippen molar-refractivity contribution in [1.29, 1.82) is 0 Å². The maximum Gasteiger partial charge on any atom is 0.496 e. The second-order valence-electron chi connectivity index (χ2n) is 7.29. The van der Waals surface area contributed by atoms with Crippen LogP contribution in [0.5, 0.6) is 0 Å². The average molecular weight is 338 g/mol. The van der Waals surface area contributed by atoms with Gasteiger partial charge in [-0.1, -0.05) is 6.42 Å². The van der Waals surface area contributed by atoms with E-state index in [0.717, 1.165) is 19.3 Å². The summed E-state index contributed by atoms with van der Waals surface area (Å²) in [6, 6.07) is 1.62. The number of aromatic nitrogens is 1. The lowest BCUT2D eigenvalue weighted by atomic mass is 9.80. The van der Waals surface area contributed by atoms with Gasteiger partial charge in [-0.05, 0) is 46.6 Å². The Morgan fingerprint density at radius 1 is 1.17 bits per heavy atom. The fraction of sp³-hybridized carbons (Fsp3) is 0.667. The predicted octanol–water partition coefficient (Wildman–Crippen LogP) is 1.21. The molecule has 0 unspecified atom stereocenters. The molecule has 0 amide bonds. The van der Waals surface area contributed by atoms with E-state index in [1.807, 2.05) is 27.7 Å². The van der Waals surface area contributed by atoms with E-state index in [1.54, 1.807) is 12.3 Å². The van der Waals surface area contributed by atoms with Crippen LogP contribution in [0, 0.1) is 0 Å². The lowest BCUT2D eigenvalue weighted by Crippen LogP contribution is -2.41. The fourth-order valence-corrected chi connectivity index (χ4v) is 3.81. The number of hydrogen-bond donors (Lipinski definition) is 1. The van der Waals surface area contributed by atoms with E-state index >= 15 is 0 Å². The summed E-state index contributed by atoms with van der Waals surface area (Å²) in [5.74, 6) is 0. The van der Waals surface area contributed by atoms with E-state index in [4.69, 9.17) is 9.31 Å². The molecule has 2 fully saturated rings. The number of hydrogen-bond acceptors (Lipinski definition) is 5. The molecule has 1 aromatic heterocycles. The molecule has 2 heterocycles. The van der Waals surface area contributed by atoms with Crippen LogP contribution < -0.4 is 10.2 Å². The second kappa shape index (κ2) is 5.55. The third kappa shape index (κ3) is 3.17. The van der Waals surface area contributed by atoms with Gasteiger partial charge < -0.3 is 9.31 Å². The Labute approximate surface area is 138 Å². The zero-order valence-electron chi connectivity index (χ0n) is 14.0. The van der Waals surface area contributed by atoms with Crippen LogP contribution in [0.1, 0.15) is 47.0 Å². The Bertz CT molecular complexity index is 685. The van der Waals surface area contributed by atoms with Crippen LogP contribution in [-0.2, 0) is 19.3 Å². The summed E-state index contributed by atoms with van der Waals surface area (Å²) in [4.78, 5) is 4.21. The molecule has 126 valence electrons. The lowest BCUT2D eigenvalue weighted by molar-refractivity contribution is 0.00578. The maximum absolute atomic E-state index is 12.4. The van der Waals surface area contributed by atoms with Crippen LogP contribution in [0.15, 0.2) is 23.4 Å². The van der Waals surface area contributed by atoms with Crippen molar-refractivity contribution in [1.82, 2.24) is 9.71 Å². The number of nitrogens with one attached hydrogen (secondary N) is 1. The quantitative estimate of drug-likeness (QED) is 0.835. The van der Waals surface area contributed by atoms with Crippen molar-refractivity contribution in [2.75, 3.05) is 0 Å². The summed E-state index contributed by atoms with van der Waals surface area (Å²) in [6.45, 7) is 7.83. The van der Waals surface area contributed by atoms with Crippen molar-refractivity contribution in [3.8, 4) is 0 Å². The number of rotatable bonds is 4. The molecule has 2 aliphatic rings. The molecule has 8 heteroatoms. The van der Waals surface area contributed by atoms with Crippen LogP contribution in [0.4, 0.5) is 0 Å². The van der Waals surface area contributed by atoms with E-state index in [0.29, 0.717) is 5.46 Å². The fourth-order valence-electron chi connectivity index (χ4n) is 2.50. The first kappa shape index (κ1) is 16.9. The van der Waals surface area contributed by atoms with Gasteiger partial charge in [-0.2, -0.15) is 0 Å². The lowest BCUT2D eigenvalue weighted by Gasteiger charge is -2.32. The number of pyridine rings is 1. The van der Waals surface area contributed by atoms with E-state index in [-0.39, 0.29) is 10.9 Å². The first-order valence-corrected chi connectivity index (χ1v) is 9.42. The molecule has 1 saturated carbocycles. The van der Waals surface area contributed by atoms with Crippen molar-refractivity contribution in [2.45, 2.75) is 69.1 Å². The molecule has 6 nitrogen and oxygen atoms in total. The van der Waals surface area contributed by atoms with Gasteiger partial charge in [-0.25, -0.2) is 13.1 Å². The molecule has 23 heavy (non-hydrogen) atoms. The van der Waals surface area contributed by atoms with Crippen LogP contribution >= 0.6 is 0 Å². The standard InChI is InChI=1S/C15H23BN2O4S/c1-14(2)15(3,4)22-16(21-14)11-8-13(10-17-9-11)23(19,20)18-12-6-5-7-12/h8-10,12,18H,5-7H2,1-4H3. The van der Waals surface area contributed by atoms with Crippen molar-refractivity contribution < 1.29 is 17.7 Å². The minimum atomic E-state index is -3.55. The number of sulfonamides is 1. The molecular weight excluding hydrogens is 315 g/mol. The van der Waals surface area contributed by atoms with E-state index < -0.39 is 28.3 Å². The highest BCUT2D eigenvalue weighted by molar-refractivity contribution is 7.89. The monoisotopic (exact) mass is 338 g/mol.